The van der Waals surface area contributed by atoms with Gasteiger partial charge in [0.05, 0.1) is 11.6 Å². The molecule has 0 spiro atoms. The van der Waals surface area contributed by atoms with Crippen LogP contribution in [0.15, 0.2) is 24.3 Å². The third-order valence-electron chi connectivity index (χ3n) is 3.65. The van der Waals surface area contributed by atoms with Gasteiger partial charge in [0, 0.05) is 24.6 Å². The zero-order chi connectivity index (χ0) is 14.5. The Hall–Kier alpha value is -2.15. The lowest BCUT2D eigenvalue weighted by Gasteiger charge is -2.35. The Kier molecular flexibility index (Phi) is 4.52. The molecule has 1 aliphatic heterocycles. The Labute approximate surface area is 119 Å². The first-order valence-electron chi connectivity index (χ1n) is 6.92. The van der Waals surface area contributed by atoms with Crippen molar-refractivity contribution in [1.29, 1.82) is 5.26 Å². The van der Waals surface area contributed by atoms with Crippen LogP contribution in [0.3, 0.4) is 0 Å². The number of Topliss-reactive ketones (excluding diaryl/α,β-unsaturated/α-hetero) is 1. The number of nitrogens with zero attached hydrogens (tertiary/aromatic N) is 2. The van der Waals surface area contributed by atoms with E-state index in [0.717, 1.165) is 19.3 Å². The molecule has 104 valence electrons. The van der Waals surface area contributed by atoms with E-state index in [-0.39, 0.29) is 17.7 Å². The number of benzene rings is 1. The predicted octanol–water partition coefficient (Wildman–Crippen LogP) is 2.53. The SMILES string of the molecule is CC(=O)CC1CCCCN1C(=O)c1cccc(C#N)c1. The molecule has 0 radical (unpaired) electrons. The summed E-state index contributed by atoms with van der Waals surface area (Å²) in [7, 11) is 0. The highest BCUT2D eigenvalue weighted by Crippen LogP contribution is 2.22. The van der Waals surface area contributed by atoms with Gasteiger partial charge in [-0.15, -0.1) is 0 Å². The van der Waals surface area contributed by atoms with Gasteiger partial charge in [0.25, 0.3) is 5.91 Å². The predicted molar refractivity (Wildman–Crippen MR) is 75.1 cm³/mol. The van der Waals surface area contributed by atoms with Gasteiger partial charge in [-0.1, -0.05) is 6.07 Å². The maximum absolute atomic E-state index is 12.6. The third-order valence-corrected chi connectivity index (χ3v) is 3.65. The summed E-state index contributed by atoms with van der Waals surface area (Å²) in [5, 5.41) is 8.91. The van der Waals surface area contributed by atoms with Crippen molar-refractivity contribution in [3.05, 3.63) is 35.4 Å². The highest BCUT2D eigenvalue weighted by atomic mass is 16.2. The van der Waals surface area contributed by atoms with Crippen molar-refractivity contribution >= 4 is 11.7 Å². The fourth-order valence-corrected chi connectivity index (χ4v) is 2.70. The van der Waals surface area contributed by atoms with E-state index >= 15 is 0 Å². The van der Waals surface area contributed by atoms with Gasteiger partial charge in [-0.05, 0) is 44.4 Å². The molecule has 0 saturated carbocycles. The average molecular weight is 270 g/mol. The number of piperidine rings is 1. The van der Waals surface area contributed by atoms with E-state index in [2.05, 4.69) is 0 Å². The number of ketones is 1. The Balaban J connectivity index is 2.20. The molecule has 1 heterocycles. The van der Waals surface area contributed by atoms with E-state index < -0.39 is 0 Å². The van der Waals surface area contributed by atoms with Crippen LogP contribution in [0.2, 0.25) is 0 Å². The minimum Gasteiger partial charge on any atom is -0.335 e. The largest absolute Gasteiger partial charge is 0.335 e. The first-order valence-corrected chi connectivity index (χ1v) is 6.92. The van der Waals surface area contributed by atoms with Crippen LogP contribution in [0.25, 0.3) is 0 Å². The highest BCUT2D eigenvalue weighted by molar-refractivity contribution is 5.95. The molecule has 1 saturated heterocycles. The monoisotopic (exact) mass is 270 g/mol. The molecular formula is C16H18N2O2. The average Bonchev–Trinajstić information content (AvgIpc) is 2.46. The van der Waals surface area contributed by atoms with Crippen molar-refractivity contribution in [2.75, 3.05) is 6.54 Å². The Bertz CT molecular complexity index is 560. The molecule has 0 aromatic heterocycles. The maximum Gasteiger partial charge on any atom is 0.254 e. The van der Waals surface area contributed by atoms with Gasteiger partial charge in [-0.25, -0.2) is 0 Å². The van der Waals surface area contributed by atoms with Crippen molar-refractivity contribution in [2.45, 2.75) is 38.6 Å². The van der Waals surface area contributed by atoms with Crippen LogP contribution < -0.4 is 0 Å². The second kappa shape index (κ2) is 6.33. The number of rotatable bonds is 3. The van der Waals surface area contributed by atoms with Crippen LogP contribution in [0.5, 0.6) is 0 Å². The topological polar surface area (TPSA) is 61.2 Å². The van der Waals surface area contributed by atoms with E-state index in [0.29, 0.717) is 24.1 Å². The number of amides is 1. The summed E-state index contributed by atoms with van der Waals surface area (Å²) < 4.78 is 0. The lowest BCUT2D eigenvalue weighted by Crippen LogP contribution is -2.44. The summed E-state index contributed by atoms with van der Waals surface area (Å²) in [6.07, 6.45) is 3.32. The van der Waals surface area contributed by atoms with Crippen LogP contribution in [0.1, 0.15) is 48.5 Å². The zero-order valence-corrected chi connectivity index (χ0v) is 11.6. The van der Waals surface area contributed by atoms with Crippen LogP contribution in [0.4, 0.5) is 0 Å². The molecule has 20 heavy (non-hydrogen) atoms. The van der Waals surface area contributed by atoms with E-state index in [1.807, 2.05) is 6.07 Å². The summed E-state index contributed by atoms with van der Waals surface area (Å²) in [5.74, 6) is 0.0357. The first kappa shape index (κ1) is 14.3. The molecule has 1 amide bonds. The molecule has 4 heteroatoms. The highest BCUT2D eigenvalue weighted by Gasteiger charge is 2.28. The summed E-state index contributed by atoms with van der Waals surface area (Å²) in [5.41, 5.74) is 1.01. The minimum atomic E-state index is -0.0759. The van der Waals surface area contributed by atoms with Gasteiger partial charge in [0.15, 0.2) is 0 Å². The first-order chi connectivity index (χ1) is 9.61. The van der Waals surface area contributed by atoms with Gasteiger partial charge in [-0.3, -0.25) is 9.59 Å². The number of likely N-dealkylation sites (tertiary alicyclic amines) is 1. The van der Waals surface area contributed by atoms with Crippen molar-refractivity contribution in [3.63, 3.8) is 0 Å². The van der Waals surface area contributed by atoms with E-state index in [1.165, 1.54) is 0 Å². The lowest BCUT2D eigenvalue weighted by molar-refractivity contribution is -0.118. The van der Waals surface area contributed by atoms with Crippen molar-refractivity contribution < 1.29 is 9.59 Å². The van der Waals surface area contributed by atoms with Crippen LogP contribution >= 0.6 is 0 Å². The normalized spacial score (nSPS) is 18.4. The van der Waals surface area contributed by atoms with Gasteiger partial charge in [-0.2, -0.15) is 5.26 Å². The fourth-order valence-electron chi connectivity index (χ4n) is 2.70. The number of hydrogen-bond donors (Lipinski definition) is 0. The van der Waals surface area contributed by atoms with Crippen LogP contribution in [0, 0.1) is 11.3 Å². The maximum atomic E-state index is 12.6. The lowest BCUT2D eigenvalue weighted by atomic mass is 9.96. The molecule has 0 aliphatic carbocycles. The van der Waals surface area contributed by atoms with Gasteiger partial charge in [0.1, 0.15) is 5.78 Å². The van der Waals surface area contributed by atoms with Crippen molar-refractivity contribution in [1.82, 2.24) is 4.90 Å². The van der Waals surface area contributed by atoms with Gasteiger partial charge < -0.3 is 4.90 Å². The summed E-state index contributed by atoms with van der Waals surface area (Å²) in [6, 6.07) is 8.78. The second-order valence-electron chi connectivity index (χ2n) is 5.25. The quantitative estimate of drug-likeness (QED) is 0.848. The van der Waals surface area contributed by atoms with Crippen LogP contribution in [-0.4, -0.2) is 29.2 Å². The van der Waals surface area contributed by atoms with Crippen molar-refractivity contribution in [3.8, 4) is 6.07 Å². The van der Waals surface area contributed by atoms with Gasteiger partial charge >= 0.3 is 0 Å². The van der Waals surface area contributed by atoms with E-state index in [1.54, 1.807) is 36.1 Å². The molecule has 1 unspecified atom stereocenters. The van der Waals surface area contributed by atoms with Crippen LogP contribution in [-0.2, 0) is 4.79 Å². The molecule has 1 aliphatic rings. The molecule has 1 aromatic rings. The van der Waals surface area contributed by atoms with Crippen molar-refractivity contribution in [2.24, 2.45) is 0 Å². The second-order valence-corrected chi connectivity index (χ2v) is 5.25. The van der Waals surface area contributed by atoms with E-state index in [4.69, 9.17) is 5.26 Å². The summed E-state index contributed by atoms with van der Waals surface area (Å²) >= 11 is 0. The Morgan fingerprint density at radius 1 is 1.40 bits per heavy atom. The summed E-state index contributed by atoms with van der Waals surface area (Å²) in [6.45, 7) is 2.25. The Morgan fingerprint density at radius 3 is 2.90 bits per heavy atom. The number of carbonyl (C=O) groups is 2. The molecule has 1 fully saturated rings. The number of hydrogen-bond acceptors (Lipinski definition) is 3. The summed E-state index contributed by atoms with van der Waals surface area (Å²) in [4.78, 5) is 25.7. The zero-order valence-electron chi connectivity index (χ0n) is 11.6. The molecule has 1 aromatic carbocycles. The molecule has 0 bridgehead atoms. The third kappa shape index (κ3) is 3.24. The standard InChI is InChI=1S/C16H18N2O2/c1-12(19)9-15-7-2-3-8-18(15)16(20)14-6-4-5-13(10-14)11-17/h4-6,10,15H,2-3,7-9H2,1H3. The molecule has 0 N–H and O–H groups in total. The molecular weight excluding hydrogens is 252 g/mol. The molecule has 4 nitrogen and oxygen atoms in total. The molecule has 1 atom stereocenters. The fraction of sp³-hybridized carbons (Fsp3) is 0.438. The molecule has 2 rings (SSSR count). The van der Waals surface area contributed by atoms with E-state index in [9.17, 15) is 9.59 Å². The smallest absolute Gasteiger partial charge is 0.254 e. The Morgan fingerprint density at radius 2 is 2.20 bits per heavy atom. The number of nitriles is 1. The minimum absolute atomic E-state index is 0.000471. The number of carbonyl (C=O) groups excluding carboxylic acids is 2. The van der Waals surface area contributed by atoms with Gasteiger partial charge in [0.2, 0.25) is 0 Å².